The van der Waals surface area contributed by atoms with Crippen molar-refractivity contribution in [1.29, 1.82) is 0 Å². The van der Waals surface area contributed by atoms with Gasteiger partial charge in [0, 0.05) is 38.1 Å². The SMILES string of the molecule is COC(=O)C1=CN(CC(=O)N2CCN(c3ccc(F)cc3)CC2)S(=O)(=O)N=C1C. The maximum Gasteiger partial charge on any atom is 0.344 e. The summed E-state index contributed by atoms with van der Waals surface area (Å²) in [5, 5.41) is 0. The van der Waals surface area contributed by atoms with E-state index in [1.165, 1.54) is 26.2 Å². The first-order valence-corrected chi connectivity index (χ1v) is 10.3. The number of rotatable bonds is 4. The molecule has 1 amide bonds. The van der Waals surface area contributed by atoms with Crippen LogP contribution in [0, 0.1) is 5.82 Å². The quantitative estimate of drug-likeness (QED) is 0.655. The van der Waals surface area contributed by atoms with Crippen molar-refractivity contribution < 1.29 is 27.1 Å². The number of piperazine rings is 1. The van der Waals surface area contributed by atoms with E-state index < -0.39 is 28.6 Å². The van der Waals surface area contributed by atoms with Crippen molar-refractivity contribution in [3.8, 4) is 0 Å². The number of esters is 1. The predicted molar refractivity (Wildman–Crippen MR) is 104 cm³/mol. The van der Waals surface area contributed by atoms with Gasteiger partial charge in [-0.1, -0.05) is 0 Å². The zero-order chi connectivity index (χ0) is 21.2. The first-order valence-electron chi connectivity index (χ1n) is 8.88. The van der Waals surface area contributed by atoms with E-state index in [2.05, 4.69) is 9.13 Å². The minimum atomic E-state index is -4.10. The highest BCUT2D eigenvalue weighted by Gasteiger charge is 2.32. The normalized spacial score (nSPS) is 18.8. The van der Waals surface area contributed by atoms with Gasteiger partial charge in [0.25, 0.3) is 0 Å². The summed E-state index contributed by atoms with van der Waals surface area (Å²) in [6, 6.07) is 6.10. The summed E-state index contributed by atoms with van der Waals surface area (Å²) in [4.78, 5) is 28.0. The largest absolute Gasteiger partial charge is 0.465 e. The van der Waals surface area contributed by atoms with E-state index in [1.54, 1.807) is 17.0 Å². The lowest BCUT2D eigenvalue weighted by Gasteiger charge is -2.36. The fourth-order valence-electron chi connectivity index (χ4n) is 3.12. The number of halogens is 1. The Morgan fingerprint density at radius 1 is 1.14 bits per heavy atom. The van der Waals surface area contributed by atoms with Crippen LogP contribution in [0.15, 0.2) is 40.4 Å². The van der Waals surface area contributed by atoms with E-state index in [0.29, 0.717) is 26.2 Å². The van der Waals surface area contributed by atoms with Gasteiger partial charge in [0.15, 0.2) is 0 Å². The molecule has 0 N–H and O–H groups in total. The first-order chi connectivity index (χ1) is 13.7. The molecule has 1 saturated heterocycles. The zero-order valence-corrected chi connectivity index (χ0v) is 16.9. The van der Waals surface area contributed by atoms with Crippen LogP contribution in [0.1, 0.15) is 6.92 Å². The van der Waals surface area contributed by atoms with Crippen LogP contribution in [0.3, 0.4) is 0 Å². The van der Waals surface area contributed by atoms with Crippen molar-refractivity contribution in [1.82, 2.24) is 9.21 Å². The second kappa shape index (κ2) is 8.19. The molecule has 11 heteroatoms. The second-order valence-corrected chi connectivity index (χ2v) is 8.13. The number of carbonyl (C=O) groups is 2. The Kier molecular flexibility index (Phi) is 5.87. The predicted octanol–water partition coefficient (Wildman–Crippen LogP) is 0.552. The number of methoxy groups -OCH3 is 1. The van der Waals surface area contributed by atoms with Crippen molar-refractivity contribution in [3.63, 3.8) is 0 Å². The van der Waals surface area contributed by atoms with Crippen LogP contribution in [0.5, 0.6) is 0 Å². The monoisotopic (exact) mass is 424 g/mol. The van der Waals surface area contributed by atoms with E-state index >= 15 is 0 Å². The maximum atomic E-state index is 13.1. The van der Waals surface area contributed by atoms with E-state index in [9.17, 15) is 22.4 Å². The highest BCUT2D eigenvalue weighted by atomic mass is 32.2. The van der Waals surface area contributed by atoms with Gasteiger partial charge in [-0.2, -0.15) is 8.42 Å². The van der Waals surface area contributed by atoms with E-state index in [1.807, 2.05) is 4.90 Å². The van der Waals surface area contributed by atoms with Crippen molar-refractivity contribution in [2.24, 2.45) is 4.40 Å². The lowest BCUT2D eigenvalue weighted by molar-refractivity contribution is -0.135. The van der Waals surface area contributed by atoms with Crippen LogP contribution in [-0.4, -0.2) is 75.0 Å². The molecule has 0 spiro atoms. The summed E-state index contributed by atoms with van der Waals surface area (Å²) in [5.41, 5.74) is 0.845. The molecule has 0 radical (unpaired) electrons. The van der Waals surface area contributed by atoms with Crippen molar-refractivity contribution in [2.45, 2.75) is 6.92 Å². The molecule has 0 atom stereocenters. The van der Waals surface area contributed by atoms with Gasteiger partial charge >= 0.3 is 16.2 Å². The third-order valence-corrected chi connectivity index (χ3v) is 6.06. The molecule has 29 heavy (non-hydrogen) atoms. The van der Waals surface area contributed by atoms with Gasteiger partial charge in [-0.25, -0.2) is 13.5 Å². The Hall–Kier alpha value is -2.95. The minimum absolute atomic E-state index is 0.00783. The molecule has 0 aliphatic carbocycles. The molecule has 2 aliphatic rings. The Bertz CT molecular complexity index is 966. The number of ether oxygens (including phenoxy) is 1. The van der Waals surface area contributed by atoms with Gasteiger partial charge in [-0.05, 0) is 31.2 Å². The lowest BCUT2D eigenvalue weighted by atomic mass is 10.2. The molecule has 156 valence electrons. The molecule has 0 aromatic heterocycles. The molecular formula is C18H21FN4O5S. The van der Waals surface area contributed by atoms with Gasteiger partial charge in [-0.3, -0.25) is 4.79 Å². The second-order valence-electron chi connectivity index (χ2n) is 6.58. The molecule has 0 bridgehead atoms. The Morgan fingerprint density at radius 2 is 1.76 bits per heavy atom. The highest BCUT2D eigenvalue weighted by Crippen LogP contribution is 2.19. The Balaban J connectivity index is 1.65. The fourth-order valence-corrected chi connectivity index (χ4v) is 4.18. The van der Waals surface area contributed by atoms with Crippen LogP contribution in [0.25, 0.3) is 0 Å². The van der Waals surface area contributed by atoms with Crippen LogP contribution in [0.2, 0.25) is 0 Å². The van der Waals surface area contributed by atoms with Gasteiger partial charge in [0.2, 0.25) is 5.91 Å². The molecule has 0 unspecified atom stereocenters. The van der Waals surface area contributed by atoms with Crippen LogP contribution in [-0.2, 0) is 24.5 Å². The lowest BCUT2D eigenvalue weighted by Crippen LogP contribution is -2.51. The minimum Gasteiger partial charge on any atom is -0.465 e. The standard InChI is InChI=1S/C18H21FN4O5S/c1-13-16(18(25)28-2)11-23(29(26,27)20-13)12-17(24)22-9-7-21(8-10-22)15-5-3-14(19)4-6-15/h3-6,11H,7-10,12H2,1-2H3. The number of anilines is 1. The molecule has 0 saturated carbocycles. The third-order valence-electron chi connectivity index (χ3n) is 4.73. The average molecular weight is 424 g/mol. The smallest absolute Gasteiger partial charge is 0.344 e. The van der Waals surface area contributed by atoms with Gasteiger partial charge in [0.1, 0.15) is 12.4 Å². The number of benzene rings is 1. The highest BCUT2D eigenvalue weighted by molar-refractivity contribution is 7.88. The summed E-state index contributed by atoms with van der Waals surface area (Å²) < 4.78 is 46.5. The summed E-state index contributed by atoms with van der Waals surface area (Å²) in [7, 11) is -2.92. The Labute approximate surface area is 168 Å². The summed E-state index contributed by atoms with van der Waals surface area (Å²) in [6.45, 7) is 2.76. The molecule has 9 nitrogen and oxygen atoms in total. The summed E-state index contributed by atoms with van der Waals surface area (Å²) in [5.74, 6) is -1.45. The molecular weight excluding hydrogens is 403 g/mol. The number of nitrogens with zero attached hydrogens (tertiary/aromatic N) is 4. The number of hydrogen-bond acceptors (Lipinski definition) is 6. The number of amides is 1. The molecule has 2 aliphatic heterocycles. The summed E-state index contributed by atoms with van der Waals surface area (Å²) >= 11 is 0. The molecule has 2 heterocycles. The zero-order valence-electron chi connectivity index (χ0n) is 16.0. The van der Waals surface area contributed by atoms with Gasteiger partial charge < -0.3 is 14.5 Å². The van der Waals surface area contributed by atoms with Gasteiger partial charge in [-0.15, -0.1) is 4.40 Å². The number of hydrogen-bond donors (Lipinski definition) is 0. The molecule has 3 rings (SSSR count). The number of carbonyl (C=O) groups excluding carboxylic acids is 2. The van der Waals surface area contributed by atoms with Crippen LogP contribution in [0.4, 0.5) is 10.1 Å². The summed E-state index contributed by atoms with van der Waals surface area (Å²) in [6.07, 6.45) is 1.08. The van der Waals surface area contributed by atoms with E-state index in [4.69, 9.17) is 0 Å². The molecule has 1 aromatic carbocycles. The van der Waals surface area contributed by atoms with Crippen molar-refractivity contribution in [3.05, 3.63) is 41.9 Å². The topological polar surface area (TPSA) is 99.6 Å². The van der Waals surface area contributed by atoms with Crippen LogP contribution >= 0.6 is 0 Å². The molecule has 1 aromatic rings. The van der Waals surface area contributed by atoms with E-state index in [0.717, 1.165) is 16.2 Å². The molecule has 1 fully saturated rings. The maximum absolute atomic E-state index is 13.1. The van der Waals surface area contributed by atoms with E-state index in [-0.39, 0.29) is 17.1 Å². The van der Waals surface area contributed by atoms with Crippen LogP contribution < -0.4 is 4.90 Å². The van der Waals surface area contributed by atoms with Gasteiger partial charge in [0.05, 0.1) is 18.4 Å². The van der Waals surface area contributed by atoms with Crippen molar-refractivity contribution in [2.75, 3.05) is 44.7 Å². The van der Waals surface area contributed by atoms with Crippen molar-refractivity contribution >= 4 is 33.5 Å². The average Bonchev–Trinajstić information content (AvgIpc) is 2.69. The third kappa shape index (κ3) is 4.56. The fraction of sp³-hybridized carbons (Fsp3) is 0.389. The Morgan fingerprint density at radius 3 is 2.34 bits per heavy atom. The first kappa shape index (κ1) is 20.8.